The highest BCUT2D eigenvalue weighted by molar-refractivity contribution is 6.09. The zero-order valence-corrected chi connectivity index (χ0v) is 6.51. The molecule has 0 radical (unpaired) electrons. The number of carbonyl (C=O) groups is 1. The third-order valence-electron chi connectivity index (χ3n) is 1.83. The molecule has 2 rings (SSSR count). The fourth-order valence-electron chi connectivity index (χ4n) is 1.18. The molecule has 3 N–H and O–H groups in total. The fraction of sp³-hybridized carbons (Fsp3) is 0.143. The number of aliphatic hydroxyl groups is 1. The summed E-state index contributed by atoms with van der Waals surface area (Å²) >= 11 is 0. The molecule has 0 amide bonds. The minimum absolute atomic E-state index is 0.183. The van der Waals surface area contributed by atoms with Crippen LogP contribution in [0.4, 0.5) is 0 Å². The van der Waals surface area contributed by atoms with Crippen LogP contribution in [0.2, 0.25) is 0 Å². The summed E-state index contributed by atoms with van der Waals surface area (Å²) in [6, 6.07) is 0. The molecule has 2 aliphatic rings. The van der Waals surface area contributed by atoms with Crippen molar-refractivity contribution >= 4 is 12.2 Å². The lowest BCUT2D eigenvalue weighted by Gasteiger charge is -2.23. The number of aliphatic carboxylic acids is 1. The number of aliphatic hydroxyl groups excluding tert-OH is 1. The van der Waals surface area contributed by atoms with Crippen LogP contribution in [0, 0.1) is 0 Å². The van der Waals surface area contributed by atoms with Crippen molar-refractivity contribution in [1.82, 2.24) is 10.3 Å². The number of fused-ring (bicyclic) bond motifs is 1. The van der Waals surface area contributed by atoms with Crippen LogP contribution in [0.1, 0.15) is 0 Å². The zero-order chi connectivity index (χ0) is 9.42. The van der Waals surface area contributed by atoms with Crippen LogP contribution >= 0.6 is 0 Å². The number of rotatable bonds is 1. The summed E-state index contributed by atoms with van der Waals surface area (Å²) in [5.41, 5.74) is -0.183. The Balaban J connectivity index is 2.36. The van der Waals surface area contributed by atoms with Gasteiger partial charge in [0.2, 0.25) is 0 Å². The number of hydrazone groups is 1. The Bertz CT molecular complexity index is 345. The monoisotopic (exact) mass is 181 g/mol. The average molecular weight is 181 g/mol. The van der Waals surface area contributed by atoms with Gasteiger partial charge in [-0.05, 0) is 0 Å². The molecule has 0 bridgehead atoms. The molecule has 0 fully saturated rings. The maximum Gasteiger partial charge on any atom is 0.340 e. The molecule has 13 heavy (non-hydrogen) atoms. The molecule has 68 valence electrons. The van der Waals surface area contributed by atoms with Crippen molar-refractivity contribution in [1.29, 1.82) is 0 Å². The van der Waals surface area contributed by atoms with Gasteiger partial charge in [-0.1, -0.05) is 0 Å². The molecular formula is C7H7N3O3. The number of nitrogens with one attached hydrogen (secondary N) is 1. The molecule has 0 aromatic rings. The molecule has 1 atom stereocenters. The van der Waals surface area contributed by atoms with E-state index in [1.165, 1.54) is 5.01 Å². The maximum absolute atomic E-state index is 10.6. The molecule has 6 nitrogen and oxygen atoms in total. The van der Waals surface area contributed by atoms with Gasteiger partial charge in [-0.25, -0.2) is 9.80 Å². The van der Waals surface area contributed by atoms with Crippen molar-refractivity contribution in [2.24, 2.45) is 5.10 Å². The predicted molar refractivity (Wildman–Crippen MR) is 43.7 cm³/mol. The van der Waals surface area contributed by atoms with Crippen molar-refractivity contribution in [3.05, 3.63) is 23.7 Å². The highest BCUT2D eigenvalue weighted by atomic mass is 16.4. The summed E-state index contributed by atoms with van der Waals surface area (Å²) in [6.07, 6.45) is 3.74. The lowest BCUT2D eigenvalue weighted by Crippen LogP contribution is -2.38. The summed E-state index contributed by atoms with van der Waals surface area (Å²) in [5.74, 6) is -1.41. The van der Waals surface area contributed by atoms with Gasteiger partial charge in [0.15, 0.2) is 11.9 Å². The van der Waals surface area contributed by atoms with Gasteiger partial charge in [-0.2, -0.15) is 5.10 Å². The molecule has 0 saturated heterocycles. The second-order valence-electron chi connectivity index (χ2n) is 2.61. The van der Waals surface area contributed by atoms with Crippen LogP contribution in [0.15, 0.2) is 28.8 Å². The average Bonchev–Trinajstić information content (AvgIpc) is 2.52. The van der Waals surface area contributed by atoms with Gasteiger partial charge in [-0.15, -0.1) is 0 Å². The first-order chi connectivity index (χ1) is 6.20. The van der Waals surface area contributed by atoms with Crippen molar-refractivity contribution in [2.45, 2.75) is 6.17 Å². The molecule has 2 aliphatic heterocycles. The van der Waals surface area contributed by atoms with Crippen molar-refractivity contribution in [3.63, 3.8) is 0 Å². The molecule has 6 heteroatoms. The predicted octanol–water partition coefficient (Wildman–Crippen LogP) is -0.415. The van der Waals surface area contributed by atoms with Crippen LogP contribution in [-0.4, -0.2) is 33.6 Å². The third-order valence-corrected chi connectivity index (χ3v) is 1.83. The Morgan fingerprint density at radius 2 is 2.46 bits per heavy atom. The quantitative estimate of drug-likeness (QED) is 0.511. The van der Waals surface area contributed by atoms with Crippen LogP contribution < -0.4 is 5.32 Å². The van der Waals surface area contributed by atoms with Crippen molar-refractivity contribution < 1.29 is 15.0 Å². The molecular weight excluding hydrogens is 174 g/mol. The minimum atomic E-state index is -1.19. The van der Waals surface area contributed by atoms with E-state index < -0.39 is 12.1 Å². The molecule has 0 aliphatic carbocycles. The number of nitrogens with zero attached hydrogens (tertiary/aromatic N) is 2. The van der Waals surface area contributed by atoms with Gasteiger partial charge >= 0.3 is 5.97 Å². The number of carboxylic acids is 1. The largest absolute Gasteiger partial charge is 0.507 e. The Kier molecular flexibility index (Phi) is 1.48. The molecule has 0 aromatic carbocycles. The lowest BCUT2D eigenvalue weighted by atomic mass is 10.2. The van der Waals surface area contributed by atoms with Gasteiger partial charge in [-0.3, -0.25) is 0 Å². The van der Waals surface area contributed by atoms with Gasteiger partial charge in [0.05, 0.1) is 6.21 Å². The zero-order valence-electron chi connectivity index (χ0n) is 6.51. The molecule has 0 spiro atoms. The first kappa shape index (κ1) is 7.66. The number of hydrogen-bond donors (Lipinski definition) is 3. The Labute approximate surface area is 73.5 Å². The summed E-state index contributed by atoms with van der Waals surface area (Å²) in [6.45, 7) is 0. The maximum atomic E-state index is 10.6. The lowest BCUT2D eigenvalue weighted by molar-refractivity contribution is -0.132. The van der Waals surface area contributed by atoms with Gasteiger partial charge in [0.25, 0.3) is 0 Å². The SMILES string of the molecule is O=C(O)C1=C(O)C2NC=CN2N=C1. The van der Waals surface area contributed by atoms with Crippen LogP contribution in [0.5, 0.6) is 0 Å². The van der Waals surface area contributed by atoms with E-state index in [4.69, 9.17) is 5.11 Å². The standard InChI is InChI=1S/C7H7N3O3/c11-5-4(7(12)13)3-9-10-2-1-8-6(5)10/h1-3,6,8,11H,(H,12,13). The Morgan fingerprint density at radius 3 is 3.15 bits per heavy atom. The fourth-order valence-corrected chi connectivity index (χ4v) is 1.18. The van der Waals surface area contributed by atoms with E-state index in [9.17, 15) is 9.90 Å². The smallest absolute Gasteiger partial charge is 0.340 e. The van der Waals surface area contributed by atoms with Gasteiger partial charge < -0.3 is 15.5 Å². The minimum Gasteiger partial charge on any atom is -0.507 e. The topological polar surface area (TPSA) is 85.2 Å². The second-order valence-corrected chi connectivity index (χ2v) is 2.61. The summed E-state index contributed by atoms with van der Waals surface area (Å²) in [7, 11) is 0. The van der Waals surface area contributed by atoms with Crippen molar-refractivity contribution in [3.8, 4) is 0 Å². The van der Waals surface area contributed by atoms with Gasteiger partial charge in [0, 0.05) is 12.4 Å². The van der Waals surface area contributed by atoms with E-state index >= 15 is 0 Å². The van der Waals surface area contributed by atoms with E-state index in [0.29, 0.717) is 0 Å². The summed E-state index contributed by atoms with van der Waals surface area (Å²) < 4.78 is 0. The molecule has 0 saturated carbocycles. The second kappa shape index (κ2) is 2.51. The first-order valence-electron chi connectivity index (χ1n) is 3.61. The van der Waals surface area contributed by atoms with Crippen LogP contribution in [0.3, 0.4) is 0 Å². The van der Waals surface area contributed by atoms with E-state index in [1.807, 2.05) is 0 Å². The van der Waals surface area contributed by atoms with Crippen LogP contribution in [-0.2, 0) is 4.79 Å². The summed E-state index contributed by atoms with van der Waals surface area (Å²) in [5, 5.41) is 26.1. The highest BCUT2D eigenvalue weighted by Gasteiger charge is 2.30. The van der Waals surface area contributed by atoms with Crippen molar-refractivity contribution in [2.75, 3.05) is 0 Å². The Hall–Kier alpha value is -1.98. The Morgan fingerprint density at radius 1 is 1.69 bits per heavy atom. The number of carboxylic acid groups (broad SMARTS) is 1. The van der Waals surface area contributed by atoms with E-state index in [2.05, 4.69) is 10.4 Å². The first-order valence-corrected chi connectivity index (χ1v) is 3.61. The molecule has 2 heterocycles. The molecule has 0 aromatic heterocycles. The third kappa shape index (κ3) is 1.03. The highest BCUT2D eigenvalue weighted by Crippen LogP contribution is 2.18. The van der Waals surface area contributed by atoms with Gasteiger partial charge in [0.1, 0.15) is 5.57 Å². The van der Waals surface area contributed by atoms with E-state index in [1.54, 1.807) is 12.4 Å². The van der Waals surface area contributed by atoms with Crippen LogP contribution in [0.25, 0.3) is 0 Å². The van der Waals surface area contributed by atoms with E-state index in [-0.39, 0.29) is 11.3 Å². The summed E-state index contributed by atoms with van der Waals surface area (Å²) in [4.78, 5) is 10.6. The van der Waals surface area contributed by atoms with E-state index in [0.717, 1.165) is 6.21 Å². The normalized spacial score (nSPS) is 24.6. The number of hydrogen-bond acceptors (Lipinski definition) is 5. The molecule has 1 unspecified atom stereocenters.